The average molecular weight is 951 g/mol. The summed E-state index contributed by atoms with van der Waals surface area (Å²) in [6.45, 7) is 11.6. The van der Waals surface area contributed by atoms with E-state index in [1.54, 1.807) is 81.1 Å². The third-order valence-corrected chi connectivity index (χ3v) is 12.5. The van der Waals surface area contributed by atoms with Crippen LogP contribution >= 0.6 is 11.3 Å². The van der Waals surface area contributed by atoms with Crippen LogP contribution in [0.15, 0.2) is 84.5 Å². The average Bonchev–Trinajstić information content (AvgIpc) is 4.09. The first-order valence-electron chi connectivity index (χ1n) is 22.9. The molecule has 18 nitrogen and oxygen atoms in total. The molecular weight excluding hydrogens is 889 g/mol. The number of β-amino-alcohol motifs (C(OH)–C–C–N with tert-alkyl or cyclic N) is 1. The minimum atomic E-state index is -0.947. The van der Waals surface area contributed by atoms with Crippen molar-refractivity contribution in [2.24, 2.45) is 5.41 Å². The van der Waals surface area contributed by atoms with E-state index in [0.29, 0.717) is 61.8 Å². The van der Waals surface area contributed by atoms with Crippen molar-refractivity contribution in [3.05, 3.63) is 113 Å². The molecule has 19 heteroatoms. The van der Waals surface area contributed by atoms with Crippen LogP contribution in [-0.2, 0) is 40.4 Å². The molecule has 6 rings (SSSR count). The SMILES string of the molecule is CCCCN(Cc1ccc(C(=O)NO)cc1)C(=O)Nc1ccc(OCCCn2cc(CCC(=O)N[C@H](C(=O)N3C[C@H](O)C[C@H]3C(=O)NCc3ccc(-c4scnc4C)cc3)C(C)(C)C)nn2)cc1. The van der Waals surface area contributed by atoms with Crippen molar-refractivity contribution < 1.29 is 39.0 Å². The number of aromatic nitrogens is 4. The number of thiazole rings is 1. The van der Waals surface area contributed by atoms with Crippen molar-refractivity contribution in [1.29, 1.82) is 0 Å². The second-order valence-electron chi connectivity index (χ2n) is 18.0. The number of nitrogens with zero attached hydrogens (tertiary/aromatic N) is 6. The van der Waals surface area contributed by atoms with Crippen LogP contribution in [0, 0.1) is 12.3 Å². The van der Waals surface area contributed by atoms with E-state index in [4.69, 9.17) is 9.94 Å². The molecule has 2 aromatic heterocycles. The fourth-order valence-electron chi connectivity index (χ4n) is 7.72. The molecule has 6 amide bonds. The van der Waals surface area contributed by atoms with Gasteiger partial charge in [0.1, 0.15) is 17.8 Å². The van der Waals surface area contributed by atoms with Crippen molar-refractivity contribution in [1.82, 2.24) is 45.9 Å². The molecular formula is C49H62N10O8S. The standard InChI is InChI=1S/C49H62N10O8S/c1-6-7-23-57(28-34-11-15-36(16-12-34)45(62)55-66)48(65)52-37-17-20-40(21-18-37)67-25-8-24-58-29-38(54-56-58)19-22-42(61)53-44(49(3,4)5)47(64)59-30-39(60)26-41(59)46(63)50-27-33-9-13-35(14-10-33)43-32(2)51-31-68-43/h9-18,20-21,29,31,39,41,44,60,66H,6-8,19,22-28,30H2,1-5H3,(H,50,63)(H,52,65)(H,53,61)(H,55,62)/t39-,41+,44-/m1/s1. The van der Waals surface area contributed by atoms with Crippen LogP contribution < -0.4 is 26.2 Å². The van der Waals surface area contributed by atoms with Crippen molar-refractivity contribution in [2.45, 2.75) is 111 Å². The topological polar surface area (TPSA) is 233 Å². The minimum absolute atomic E-state index is 0.0160. The molecule has 0 unspecified atom stereocenters. The number of aryl methyl sites for hydroxylation is 3. The highest BCUT2D eigenvalue weighted by Crippen LogP contribution is 2.29. The molecule has 1 fully saturated rings. The largest absolute Gasteiger partial charge is 0.494 e. The van der Waals surface area contributed by atoms with E-state index >= 15 is 0 Å². The van der Waals surface area contributed by atoms with Crippen LogP contribution in [0.5, 0.6) is 5.75 Å². The number of carbonyl (C=O) groups excluding carboxylic acids is 5. The second-order valence-corrected chi connectivity index (χ2v) is 18.8. The molecule has 0 radical (unpaired) electrons. The number of rotatable bonds is 21. The summed E-state index contributed by atoms with van der Waals surface area (Å²) in [7, 11) is 0. The van der Waals surface area contributed by atoms with Crippen molar-refractivity contribution in [2.75, 3.05) is 25.0 Å². The number of hydrogen-bond acceptors (Lipinski definition) is 12. The summed E-state index contributed by atoms with van der Waals surface area (Å²) < 4.78 is 7.62. The normalized spacial score (nSPS) is 15.1. The smallest absolute Gasteiger partial charge is 0.322 e. The van der Waals surface area contributed by atoms with E-state index in [9.17, 15) is 29.1 Å². The summed E-state index contributed by atoms with van der Waals surface area (Å²) in [4.78, 5) is 74.3. The first kappa shape index (κ1) is 50.7. The quantitative estimate of drug-likeness (QED) is 0.0289. The summed E-state index contributed by atoms with van der Waals surface area (Å²) in [6, 6.07) is 19.6. The van der Waals surface area contributed by atoms with Crippen LogP contribution in [0.3, 0.4) is 0 Å². The highest BCUT2D eigenvalue weighted by molar-refractivity contribution is 7.13. The van der Waals surface area contributed by atoms with Gasteiger partial charge in [0.15, 0.2) is 0 Å². The summed E-state index contributed by atoms with van der Waals surface area (Å²) in [5.74, 6) is -1.12. The lowest BCUT2D eigenvalue weighted by Gasteiger charge is -2.35. The summed E-state index contributed by atoms with van der Waals surface area (Å²) in [5.41, 5.74) is 8.01. The van der Waals surface area contributed by atoms with Gasteiger partial charge in [-0.2, -0.15) is 0 Å². The number of nitrogens with one attached hydrogen (secondary N) is 4. The first-order valence-corrected chi connectivity index (χ1v) is 23.8. The fourth-order valence-corrected chi connectivity index (χ4v) is 8.53. The molecule has 0 aliphatic carbocycles. The van der Waals surface area contributed by atoms with Gasteiger partial charge in [0.2, 0.25) is 17.7 Å². The maximum atomic E-state index is 14.1. The molecule has 362 valence electrons. The Balaban J connectivity index is 0.920. The Kier molecular flexibility index (Phi) is 17.8. The highest BCUT2D eigenvalue weighted by Gasteiger charge is 2.44. The number of ether oxygens (including phenoxy) is 1. The maximum Gasteiger partial charge on any atom is 0.322 e. The lowest BCUT2D eigenvalue weighted by Crippen LogP contribution is -2.57. The van der Waals surface area contributed by atoms with Gasteiger partial charge in [0.25, 0.3) is 5.91 Å². The van der Waals surface area contributed by atoms with Crippen LogP contribution in [0.25, 0.3) is 10.4 Å². The van der Waals surface area contributed by atoms with Crippen molar-refractivity contribution in [3.8, 4) is 16.2 Å². The number of aliphatic hydroxyl groups excluding tert-OH is 1. The number of carbonyl (C=O) groups is 5. The van der Waals surface area contributed by atoms with Crippen LogP contribution in [0.2, 0.25) is 0 Å². The zero-order valence-electron chi connectivity index (χ0n) is 39.2. The third-order valence-electron chi connectivity index (χ3n) is 11.6. The first-order chi connectivity index (χ1) is 32.6. The minimum Gasteiger partial charge on any atom is -0.494 e. The Hall–Kier alpha value is -6.70. The molecule has 6 N–H and O–H groups in total. The van der Waals surface area contributed by atoms with Gasteiger partial charge in [-0.25, -0.2) is 15.3 Å². The Morgan fingerprint density at radius 3 is 2.35 bits per heavy atom. The summed E-state index contributed by atoms with van der Waals surface area (Å²) >= 11 is 1.57. The Labute approximate surface area is 400 Å². The zero-order valence-corrected chi connectivity index (χ0v) is 40.1. The maximum absolute atomic E-state index is 14.1. The molecule has 0 saturated carbocycles. The molecule has 3 aromatic carbocycles. The Bertz CT molecular complexity index is 2470. The molecule has 1 saturated heterocycles. The number of benzene rings is 3. The van der Waals surface area contributed by atoms with Crippen molar-refractivity contribution in [3.63, 3.8) is 0 Å². The highest BCUT2D eigenvalue weighted by atomic mass is 32.1. The molecule has 68 heavy (non-hydrogen) atoms. The van der Waals surface area contributed by atoms with Gasteiger partial charge in [-0.15, -0.1) is 16.4 Å². The van der Waals surface area contributed by atoms with Crippen LogP contribution in [0.1, 0.15) is 92.7 Å². The number of aliphatic hydroxyl groups is 1. The number of hydrogen-bond donors (Lipinski definition) is 6. The van der Waals surface area contributed by atoms with Crippen LogP contribution in [-0.4, -0.2) is 108 Å². The van der Waals surface area contributed by atoms with Crippen LogP contribution in [0.4, 0.5) is 10.5 Å². The number of anilines is 1. The lowest BCUT2D eigenvalue weighted by atomic mass is 9.85. The van der Waals surface area contributed by atoms with Gasteiger partial charge in [-0.3, -0.25) is 29.1 Å². The number of likely N-dealkylation sites (tertiary alicyclic amines) is 1. The Morgan fingerprint density at radius 1 is 0.971 bits per heavy atom. The van der Waals surface area contributed by atoms with Gasteiger partial charge in [-0.1, -0.05) is 75.7 Å². The van der Waals surface area contributed by atoms with Gasteiger partial charge in [0, 0.05) is 75.9 Å². The molecule has 0 spiro atoms. The van der Waals surface area contributed by atoms with Gasteiger partial charge >= 0.3 is 6.03 Å². The molecule has 3 atom stereocenters. The van der Waals surface area contributed by atoms with Crippen molar-refractivity contribution >= 4 is 46.7 Å². The Morgan fingerprint density at radius 2 is 1.69 bits per heavy atom. The van der Waals surface area contributed by atoms with E-state index in [1.807, 2.05) is 57.5 Å². The predicted octanol–water partition coefficient (Wildman–Crippen LogP) is 5.87. The van der Waals surface area contributed by atoms with E-state index in [2.05, 4.69) is 38.2 Å². The van der Waals surface area contributed by atoms with Gasteiger partial charge in [0.05, 0.1) is 34.5 Å². The molecule has 0 bridgehead atoms. The van der Waals surface area contributed by atoms with E-state index in [0.717, 1.165) is 40.1 Å². The predicted molar refractivity (Wildman–Crippen MR) is 257 cm³/mol. The number of unbranched alkanes of at least 4 members (excludes halogenated alkanes) is 1. The number of urea groups is 1. The summed E-state index contributed by atoms with van der Waals surface area (Å²) in [6.07, 6.45) is 3.71. The molecule has 1 aliphatic heterocycles. The molecule has 5 aromatic rings. The fraction of sp³-hybridized carbons (Fsp3) is 0.429. The summed E-state index contributed by atoms with van der Waals surface area (Å²) in [5, 5.41) is 36.7. The lowest BCUT2D eigenvalue weighted by molar-refractivity contribution is -0.144. The number of amides is 6. The zero-order chi connectivity index (χ0) is 48.8. The van der Waals surface area contributed by atoms with E-state index in [-0.39, 0.29) is 43.8 Å². The third kappa shape index (κ3) is 14.2. The van der Waals surface area contributed by atoms with Gasteiger partial charge in [-0.05, 0) is 71.8 Å². The number of hydroxylamine groups is 1. The van der Waals surface area contributed by atoms with E-state index in [1.165, 1.54) is 4.90 Å². The van der Waals surface area contributed by atoms with Gasteiger partial charge < -0.3 is 35.6 Å². The van der Waals surface area contributed by atoms with E-state index < -0.39 is 35.4 Å². The monoisotopic (exact) mass is 950 g/mol. The second kappa shape index (κ2) is 23.8. The molecule has 1 aliphatic rings. The molecule has 3 heterocycles.